The first kappa shape index (κ1) is 48.2. The lowest BCUT2D eigenvalue weighted by atomic mass is 9.93. The zero-order valence-electron chi connectivity index (χ0n) is 36.7. The van der Waals surface area contributed by atoms with Gasteiger partial charge in [-0.3, -0.25) is 29.0 Å². The molecule has 338 valence electrons. The predicted molar refractivity (Wildman–Crippen MR) is 242 cm³/mol. The average Bonchev–Trinajstić information content (AvgIpc) is 3.29. The third-order valence-electron chi connectivity index (χ3n) is 10.7. The minimum absolute atomic E-state index is 0.00722. The summed E-state index contributed by atoms with van der Waals surface area (Å²) in [5, 5.41) is 19.9. The molecule has 0 saturated carbocycles. The van der Waals surface area contributed by atoms with Gasteiger partial charge in [0, 0.05) is 43.2 Å². The Morgan fingerprint density at radius 3 is 2.20 bits per heavy atom. The number of nitrogens with zero attached hydrogens (tertiary/aromatic N) is 3. The molecule has 1 aliphatic rings. The number of nitrogens with two attached hydrogens (primary N) is 3. The molecule has 17 nitrogen and oxygen atoms in total. The fraction of sp³-hybridized carbons (Fsp3) is 0.383. The van der Waals surface area contributed by atoms with E-state index < -0.39 is 53.7 Å². The summed E-state index contributed by atoms with van der Waals surface area (Å²) in [5.41, 5.74) is 23.1. The minimum Gasteiger partial charge on any atom is -0.492 e. The van der Waals surface area contributed by atoms with Crippen LogP contribution in [0.1, 0.15) is 65.5 Å². The molecule has 4 aromatic rings. The average molecular weight is 875 g/mol. The smallest absolute Gasteiger partial charge is 0.253 e. The normalized spacial score (nSPS) is 16.5. The maximum absolute atomic E-state index is 14.6. The molecule has 0 spiro atoms. The molecule has 2 heterocycles. The van der Waals surface area contributed by atoms with Crippen LogP contribution in [-0.4, -0.2) is 104 Å². The number of nitrogens with one attached hydrogen (secondary N) is 4. The minimum atomic E-state index is -1.39. The van der Waals surface area contributed by atoms with Gasteiger partial charge in [-0.2, -0.15) is 5.26 Å². The van der Waals surface area contributed by atoms with Crippen LogP contribution in [-0.2, 0) is 32.0 Å². The van der Waals surface area contributed by atoms with Gasteiger partial charge in [0.15, 0.2) is 0 Å². The van der Waals surface area contributed by atoms with Crippen molar-refractivity contribution in [2.75, 3.05) is 46.4 Å². The number of amides is 5. The van der Waals surface area contributed by atoms with Crippen LogP contribution in [0, 0.1) is 18.3 Å². The Labute approximate surface area is 373 Å². The van der Waals surface area contributed by atoms with Crippen molar-refractivity contribution >= 4 is 29.5 Å². The van der Waals surface area contributed by atoms with E-state index in [1.807, 2.05) is 18.2 Å². The Balaban J connectivity index is 1.56. The van der Waals surface area contributed by atoms with Gasteiger partial charge in [0.1, 0.15) is 55.4 Å². The first-order chi connectivity index (χ1) is 30.8. The number of aromatic nitrogens is 1. The molecule has 1 aromatic heterocycles. The van der Waals surface area contributed by atoms with Crippen LogP contribution in [0.3, 0.4) is 0 Å². The Morgan fingerprint density at radius 2 is 1.58 bits per heavy atom. The molecule has 1 unspecified atom stereocenters. The molecular weight excluding hydrogens is 817 g/mol. The van der Waals surface area contributed by atoms with E-state index in [4.69, 9.17) is 36.9 Å². The lowest BCUT2D eigenvalue weighted by molar-refractivity contribution is -0.141. The molecule has 5 amide bonds. The Kier molecular flexibility index (Phi) is 17.3. The van der Waals surface area contributed by atoms with E-state index in [-0.39, 0.29) is 57.8 Å². The largest absolute Gasteiger partial charge is 0.492 e. The van der Waals surface area contributed by atoms with Gasteiger partial charge in [-0.1, -0.05) is 49.7 Å². The molecule has 1 aliphatic heterocycles. The number of aryl methyl sites for hydroxylation is 2. The summed E-state index contributed by atoms with van der Waals surface area (Å²) in [7, 11) is 1.42. The van der Waals surface area contributed by atoms with Crippen LogP contribution < -0.4 is 47.9 Å². The number of pyridine rings is 1. The second-order valence-electron chi connectivity index (χ2n) is 15.5. The number of ether oxygens (including phenoxy) is 2. The van der Waals surface area contributed by atoms with Crippen molar-refractivity contribution in [2.45, 2.75) is 70.6 Å². The molecule has 4 bridgehead atoms. The maximum atomic E-state index is 14.6. The molecule has 4 atom stereocenters. The Hall–Kier alpha value is -6.87. The predicted octanol–water partition coefficient (Wildman–Crippen LogP) is 2.18. The van der Waals surface area contributed by atoms with Crippen LogP contribution >= 0.6 is 0 Å². The summed E-state index contributed by atoms with van der Waals surface area (Å²) < 4.78 is 12.2. The highest BCUT2D eigenvalue weighted by atomic mass is 16.5. The summed E-state index contributed by atoms with van der Waals surface area (Å²) in [6.45, 7) is 5.70. The number of benzene rings is 3. The molecule has 3 aromatic carbocycles. The third-order valence-corrected chi connectivity index (χ3v) is 10.7. The first-order valence-corrected chi connectivity index (χ1v) is 21.4. The van der Waals surface area contributed by atoms with Crippen LogP contribution in [0.25, 0.3) is 22.4 Å². The molecular formula is C47H58N10O7. The second kappa shape index (κ2) is 23.0. The van der Waals surface area contributed by atoms with Crippen molar-refractivity contribution < 1.29 is 33.4 Å². The van der Waals surface area contributed by atoms with Crippen molar-refractivity contribution in [1.29, 1.82) is 5.26 Å². The standard InChI is InChI=1S/C47H58N10O7/c1-5-6-30-7-10-32(11-8-30)37-14-13-34(28(2)53-37)44(59)55-38(17-18-48)47(62)57(4)42-33-12-16-41(64-24-21-51)36(27-33)35-25-31(9-15-40(35)63-23-20-50)26-39(45(60)52-22-19-49)56-43(58)29(3)54-46(42)61/h7-16,25,27,29,38-39,42H,5-6,17-18,20-24,26,48,50-51H2,1-4H3,(H,52,60)(H,54,61)(H,55,59)(H,56,58)/t29-,38?,39-,42-/m0/s1. The van der Waals surface area contributed by atoms with E-state index in [1.165, 1.54) is 24.4 Å². The quantitative estimate of drug-likeness (QED) is 0.0753. The summed E-state index contributed by atoms with van der Waals surface area (Å²) in [6.07, 6.45) is 2.03. The monoisotopic (exact) mass is 874 g/mol. The Bertz CT molecular complexity index is 2350. The van der Waals surface area contributed by atoms with Crippen LogP contribution in [0.15, 0.2) is 72.8 Å². The highest BCUT2D eigenvalue weighted by Gasteiger charge is 2.36. The van der Waals surface area contributed by atoms with Gasteiger partial charge < -0.3 is 52.8 Å². The highest BCUT2D eigenvalue weighted by Crippen LogP contribution is 2.40. The number of likely N-dealkylation sites (N-methyl/N-ethyl adjacent to an activating group) is 1. The fourth-order valence-electron chi connectivity index (χ4n) is 7.46. The number of nitriles is 1. The van der Waals surface area contributed by atoms with Crippen LogP contribution in [0.4, 0.5) is 0 Å². The molecule has 0 radical (unpaired) electrons. The van der Waals surface area contributed by atoms with Gasteiger partial charge in [0.25, 0.3) is 5.91 Å². The number of hydrogen-bond donors (Lipinski definition) is 7. The summed E-state index contributed by atoms with van der Waals surface area (Å²) in [5.74, 6) is -2.47. The molecule has 0 aliphatic carbocycles. The summed E-state index contributed by atoms with van der Waals surface area (Å²) in [4.78, 5) is 76.0. The van der Waals surface area contributed by atoms with Crippen molar-refractivity contribution in [3.63, 3.8) is 0 Å². The van der Waals surface area contributed by atoms with E-state index in [1.54, 1.807) is 55.5 Å². The van der Waals surface area contributed by atoms with E-state index >= 15 is 0 Å². The van der Waals surface area contributed by atoms with Crippen molar-refractivity contribution in [1.82, 2.24) is 31.2 Å². The van der Waals surface area contributed by atoms with Crippen molar-refractivity contribution in [3.05, 3.63) is 101 Å². The highest BCUT2D eigenvalue weighted by molar-refractivity contribution is 6.00. The molecule has 17 heteroatoms. The lowest BCUT2D eigenvalue weighted by Crippen LogP contribution is -2.56. The van der Waals surface area contributed by atoms with Gasteiger partial charge in [0.05, 0.1) is 23.0 Å². The van der Waals surface area contributed by atoms with Gasteiger partial charge in [-0.05, 0) is 86.3 Å². The van der Waals surface area contributed by atoms with Gasteiger partial charge >= 0.3 is 0 Å². The number of carbonyl (C=O) groups excluding carboxylic acids is 5. The van der Waals surface area contributed by atoms with Gasteiger partial charge in [-0.15, -0.1) is 0 Å². The Morgan fingerprint density at radius 1 is 0.906 bits per heavy atom. The zero-order valence-corrected chi connectivity index (χ0v) is 36.7. The molecule has 5 rings (SSSR count). The topological polar surface area (TPSA) is 270 Å². The third kappa shape index (κ3) is 12.0. The fourth-order valence-corrected chi connectivity index (χ4v) is 7.46. The molecule has 64 heavy (non-hydrogen) atoms. The van der Waals surface area contributed by atoms with E-state index in [0.717, 1.165) is 18.4 Å². The van der Waals surface area contributed by atoms with E-state index in [9.17, 15) is 24.0 Å². The van der Waals surface area contributed by atoms with Crippen molar-refractivity contribution in [2.24, 2.45) is 17.2 Å². The lowest BCUT2D eigenvalue weighted by Gasteiger charge is -2.32. The van der Waals surface area contributed by atoms with E-state index in [0.29, 0.717) is 45.1 Å². The van der Waals surface area contributed by atoms with Gasteiger partial charge in [0.2, 0.25) is 23.6 Å². The van der Waals surface area contributed by atoms with Crippen molar-refractivity contribution in [3.8, 4) is 40.0 Å². The molecule has 0 saturated heterocycles. The maximum Gasteiger partial charge on any atom is 0.253 e. The summed E-state index contributed by atoms with van der Waals surface area (Å²) in [6, 6.07) is 18.7. The number of fused-ring (bicyclic) bond motifs is 5. The van der Waals surface area contributed by atoms with E-state index in [2.05, 4.69) is 40.3 Å². The SMILES string of the molecule is CCCc1ccc(-c2ccc(C(=O)NC(CCN)C(=O)N(C)[C@@H]3C(=O)N[C@@H](C)C(=O)N[C@H](C(=O)NCC#N)Cc4ccc(OCCN)c(c4)-c4cc3ccc4OCCN)c(C)n2)cc1. The summed E-state index contributed by atoms with van der Waals surface area (Å²) >= 11 is 0. The number of carbonyl (C=O) groups is 5. The van der Waals surface area contributed by atoms with Crippen LogP contribution in [0.5, 0.6) is 11.5 Å². The van der Waals surface area contributed by atoms with Crippen LogP contribution in [0.2, 0.25) is 0 Å². The number of rotatable bonds is 17. The number of hydrogen-bond acceptors (Lipinski definition) is 12. The van der Waals surface area contributed by atoms with Gasteiger partial charge in [-0.25, -0.2) is 0 Å². The first-order valence-electron chi connectivity index (χ1n) is 21.4. The second-order valence-corrected chi connectivity index (χ2v) is 15.5. The molecule has 10 N–H and O–H groups in total. The zero-order chi connectivity index (χ0) is 46.3. The molecule has 0 fully saturated rings.